The predicted octanol–water partition coefficient (Wildman–Crippen LogP) is 2.33. The van der Waals surface area contributed by atoms with E-state index in [0.29, 0.717) is 31.3 Å². The summed E-state index contributed by atoms with van der Waals surface area (Å²) >= 11 is 0. The van der Waals surface area contributed by atoms with Gasteiger partial charge in [0.15, 0.2) is 18.1 Å². The molecule has 0 radical (unpaired) electrons. The lowest BCUT2D eigenvalue weighted by Crippen LogP contribution is -2.28. The van der Waals surface area contributed by atoms with Gasteiger partial charge in [0, 0.05) is 12.6 Å². The van der Waals surface area contributed by atoms with E-state index in [4.69, 9.17) is 14.2 Å². The van der Waals surface area contributed by atoms with Gasteiger partial charge in [0.25, 0.3) is 5.91 Å². The minimum Gasteiger partial charge on any atom is -0.486 e. The molecule has 1 N–H and O–H groups in total. The summed E-state index contributed by atoms with van der Waals surface area (Å²) < 4.78 is 15.9. The van der Waals surface area contributed by atoms with Crippen LogP contribution in [-0.2, 0) is 20.9 Å². The van der Waals surface area contributed by atoms with Crippen molar-refractivity contribution in [3.8, 4) is 11.5 Å². The van der Waals surface area contributed by atoms with Crippen molar-refractivity contribution in [2.75, 3.05) is 19.8 Å². The lowest BCUT2D eigenvalue weighted by molar-refractivity contribution is -0.143. The van der Waals surface area contributed by atoms with Crippen molar-refractivity contribution in [3.63, 3.8) is 0 Å². The van der Waals surface area contributed by atoms with Crippen LogP contribution < -0.4 is 14.8 Å². The molecule has 0 spiro atoms. The quantitative estimate of drug-likeness (QED) is 0.637. The molecule has 6 nitrogen and oxygen atoms in total. The topological polar surface area (TPSA) is 73.9 Å². The van der Waals surface area contributed by atoms with Crippen molar-refractivity contribution >= 4 is 18.0 Å². The Morgan fingerprint density at radius 1 is 1.04 bits per heavy atom. The summed E-state index contributed by atoms with van der Waals surface area (Å²) in [6.07, 6.45) is 2.87. The van der Waals surface area contributed by atoms with E-state index in [1.54, 1.807) is 18.2 Å². The van der Waals surface area contributed by atoms with Crippen LogP contribution in [0.1, 0.15) is 11.1 Å². The predicted molar refractivity (Wildman–Crippen MR) is 95.7 cm³/mol. The molecule has 2 aromatic rings. The van der Waals surface area contributed by atoms with Gasteiger partial charge in [-0.25, -0.2) is 4.79 Å². The van der Waals surface area contributed by atoms with Gasteiger partial charge in [-0.05, 0) is 29.3 Å². The zero-order chi connectivity index (χ0) is 18.2. The van der Waals surface area contributed by atoms with Crippen molar-refractivity contribution in [2.45, 2.75) is 6.54 Å². The minimum atomic E-state index is -0.588. The molecule has 1 amide bonds. The highest BCUT2D eigenvalue weighted by Crippen LogP contribution is 2.31. The molecule has 134 valence electrons. The first-order valence-electron chi connectivity index (χ1n) is 8.26. The molecule has 0 bridgehead atoms. The van der Waals surface area contributed by atoms with Crippen LogP contribution in [0.5, 0.6) is 11.5 Å². The zero-order valence-corrected chi connectivity index (χ0v) is 14.1. The number of benzene rings is 2. The van der Waals surface area contributed by atoms with Crippen molar-refractivity contribution < 1.29 is 23.8 Å². The molecule has 3 rings (SSSR count). The van der Waals surface area contributed by atoms with Crippen LogP contribution in [0.4, 0.5) is 0 Å². The Balaban J connectivity index is 1.43. The lowest BCUT2D eigenvalue weighted by atomic mass is 10.2. The van der Waals surface area contributed by atoms with Crippen molar-refractivity contribution in [1.82, 2.24) is 5.32 Å². The molecule has 0 fully saturated rings. The number of hydrogen-bond donors (Lipinski definition) is 1. The van der Waals surface area contributed by atoms with Gasteiger partial charge in [-0.1, -0.05) is 36.4 Å². The van der Waals surface area contributed by atoms with Crippen LogP contribution in [0.25, 0.3) is 6.08 Å². The van der Waals surface area contributed by atoms with E-state index in [-0.39, 0.29) is 12.5 Å². The van der Waals surface area contributed by atoms with Gasteiger partial charge in [0.05, 0.1) is 0 Å². The molecule has 2 aromatic carbocycles. The molecule has 0 atom stereocenters. The van der Waals surface area contributed by atoms with Gasteiger partial charge in [-0.15, -0.1) is 0 Å². The first-order chi connectivity index (χ1) is 12.7. The van der Waals surface area contributed by atoms with E-state index in [9.17, 15) is 9.59 Å². The number of esters is 1. The summed E-state index contributed by atoms with van der Waals surface area (Å²) in [5.41, 5.74) is 1.76. The van der Waals surface area contributed by atoms with Gasteiger partial charge in [-0.3, -0.25) is 4.79 Å². The van der Waals surface area contributed by atoms with Crippen molar-refractivity contribution in [3.05, 3.63) is 65.7 Å². The largest absolute Gasteiger partial charge is 0.486 e. The monoisotopic (exact) mass is 353 g/mol. The third kappa shape index (κ3) is 5.11. The molecule has 26 heavy (non-hydrogen) atoms. The van der Waals surface area contributed by atoms with E-state index in [1.807, 2.05) is 36.4 Å². The highest BCUT2D eigenvalue weighted by Gasteiger charge is 2.11. The molecule has 6 heteroatoms. The highest BCUT2D eigenvalue weighted by atomic mass is 16.6. The second-order valence-electron chi connectivity index (χ2n) is 5.61. The standard InChI is InChI=1S/C20H19NO5/c22-19(21-13-16-4-2-1-3-5-16)14-26-20(23)9-7-15-6-8-17-18(12-15)25-11-10-24-17/h1-9,12H,10-11,13-14H2,(H,21,22)/b9-7+. The Hall–Kier alpha value is -3.28. The number of carbonyl (C=O) groups is 2. The van der Waals surface area contributed by atoms with Crippen LogP contribution in [0.15, 0.2) is 54.6 Å². The second kappa shape index (κ2) is 8.71. The first kappa shape index (κ1) is 17.5. The summed E-state index contributed by atoms with van der Waals surface area (Å²) in [5.74, 6) is 0.391. The molecule has 1 aliphatic heterocycles. The van der Waals surface area contributed by atoms with Crippen LogP contribution in [0.3, 0.4) is 0 Å². The minimum absolute atomic E-state index is 0.322. The number of amides is 1. The van der Waals surface area contributed by atoms with E-state index >= 15 is 0 Å². The third-order valence-corrected chi connectivity index (χ3v) is 3.66. The van der Waals surface area contributed by atoms with Gasteiger partial charge >= 0.3 is 5.97 Å². The molecule has 1 aliphatic rings. The first-order valence-corrected chi connectivity index (χ1v) is 8.26. The Morgan fingerprint density at radius 2 is 1.81 bits per heavy atom. The Labute approximate surface area is 151 Å². The Bertz CT molecular complexity index is 801. The zero-order valence-electron chi connectivity index (χ0n) is 14.1. The average Bonchev–Trinajstić information content (AvgIpc) is 2.69. The molecule has 1 heterocycles. The SMILES string of the molecule is O=C(COC(=O)/C=C/c1ccc2c(c1)OCCO2)NCc1ccccc1. The summed E-state index contributed by atoms with van der Waals surface area (Å²) in [5, 5.41) is 2.69. The molecular formula is C20H19NO5. The van der Waals surface area contributed by atoms with E-state index in [2.05, 4.69) is 5.32 Å². The normalized spacial score (nSPS) is 12.6. The Kier molecular flexibility index (Phi) is 5.88. The summed E-state index contributed by atoms with van der Waals surface area (Å²) in [4.78, 5) is 23.5. The molecule has 0 aromatic heterocycles. The van der Waals surface area contributed by atoms with Gasteiger partial charge < -0.3 is 19.5 Å². The summed E-state index contributed by atoms with van der Waals surface area (Å²) in [6, 6.07) is 14.9. The van der Waals surface area contributed by atoms with E-state index < -0.39 is 5.97 Å². The number of carbonyl (C=O) groups excluding carboxylic acids is 2. The van der Waals surface area contributed by atoms with Crippen LogP contribution in [0, 0.1) is 0 Å². The molecule has 0 saturated heterocycles. The summed E-state index contributed by atoms with van der Waals surface area (Å²) in [7, 11) is 0. The average molecular weight is 353 g/mol. The highest BCUT2D eigenvalue weighted by molar-refractivity contribution is 5.89. The maximum Gasteiger partial charge on any atom is 0.331 e. The Morgan fingerprint density at radius 3 is 2.62 bits per heavy atom. The second-order valence-corrected chi connectivity index (χ2v) is 5.61. The number of ether oxygens (including phenoxy) is 3. The van der Waals surface area contributed by atoms with Gasteiger partial charge in [0.1, 0.15) is 13.2 Å². The number of fused-ring (bicyclic) bond motifs is 1. The van der Waals surface area contributed by atoms with Crippen LogP contribution in [0.2, 0.25) is 0 Å². The third-order valence-electron chi connectivity index (χ3n) is 3.66. The van der Waals surface area contributed by atoms with Crippen molar-refractivity contribution in [1.29, 1.82) is 0 Å². The van der Waals surface area contributed by atoms with E-state index in [1.165, 1.54) is 6.08 Å². The number of nitrogens with one attached hydrogen (secondary N) is 1. The number of hydrogen-bond acceptors (Lipinski definition) is 5. The van der Waals surface area contributed by atoms with E-state index in [0.717, 1.165) is 11.1 Å². The molecule has 0 saturated carbocycles. The fourth-order valence-corrected chi connectivity index (χ4v) is 2.36. The molecular weight excluding hydrogens is 334 g/mol. The molecule has 0 unspecified atom stereocenters. The van der Waals surface area contributed by atoms with Crippen LogP contribution in [-0.4, -0.2) is 31.7 Å². The van der Waals surface area contributed by atoms with Crippen molar-refractivity contribution in [2.24, 2.45) is 0 Å². The smallest absolute Gasteiger partial charge is 0.331 e. The van der Waals surface area contributed by atoms with Crippen LogP contribution >= 0.6 is 0 Å². The lowest BCUT2D eigenvalue weighted by Gasteiger charge is -2.18. The maximum absolute atomic E-state index is 11.7. The fourth-order valence-electron chi connectivity index (χ4n) is 2.36. The summed E-state index contributed by atoms with van der Waals surface area (Å²) in [6.45, 7) is 1.10. The maximum atomic E-state index is 11.7. The number of rotatable bonds is 6. The fraction of sp³-hybridized carbons (Fsp3) is 0.200. The molecule has 0 aliphatic carbocycles. The van der Waals surface area contributed by atoms with Gasteiger partial charge in [-0.2, -0.15) is 0 Å². The van der Waals surface area contributed by atoms with Gasteiger partial charge in [0.2, 0.25) is 0 Å².